The summed E-state index contributed by atoms with van der Waals surface area (Å²) in [6.45, 7) is 1.93. The summed E-state index contributed by atoms with van der Waals surface area (Å²) in [6, 6.07) is 16.6. The summed E-state index contributed by atoms with van der Waals surface area (Å²) in [4.78, 5) is 23.6. The molecule has 0 saturated carbocycles. The van der Waals surface area contributed by atoms with Crippen molar-refractivity contribution >= 4 is 23.6 Å². The second-order valence-corrected chi connectivity index (χ2v) is 4.86. The van der Waals surface area contributed by atoms with Crippen molar-refractivity contribution in [2.45, 2.75) is 13.3 Å². The Hall–Kier alpha value is -2.88. The molecule has 0 heterocycles. The van der Waals surface area contributed by atoms with Gasteiger partial charge in [0.2, 0.25) is 5.91 Å². The number of hydrogen-bond donors (Lipinski definition) is 1. The van der Waals surface area contributed by atoms with E-state index in [0.29, 0.717) is 17.7 Å². The summed E-state index contributed by atoms with van der Waals surface area (Å²) in [5.41, 5.74) is 1.86. The van der Waals surface area contributed by atoms with Crippen LogP contribution in [0.3, 0.4) is 0 Å². The number of para-hydroxylation sites is 1. The highest BCUT2D eigenvalue weighted by Gasteiger charge is 2.13. The maximum absolute atomic E-state index is 12.1. The largest absolute Gasteiger partial charge is 0.458 e. The van der Waals surface area contributed by atoms with Crippen LogP contribution in [-0.2, 0) is 9.53 Å². The molecule has 0 atom stereocenters. The van der Waals surface area contributed by atoms with Crippen molar-refractivity contribution in [2.24, 2.45) is 0 Å². The highest BCUT2D eigenvalue weighted by atomic mass is 16.5. The second-order valence-electron chi connectivity index (χ2n) is 4.86. The standard InChI is InChI=1S/C19H19NO3/c1-2-18(21)20-17-13-7-6-12-16(17)19(22)23-14-8-11-15-9-4-3-5-10-15/h3-13H,2,14H2,1H3,(H,20,21)/b11-8+. The first-order valence-corrected chi connectivity index (χ1v) is 7.48. The van der Waals surface area contributed by atoms with Gasteiger partial charge in [0, 0.05) is 6.42 Å². The van der Waals surface area contributed by atoms with Crippen LogP contribution in [-0.4, -0.2) is 18.5 Å². The van der Waals surface area contributed by atoms with Crippen LogP contribution in [0.5, 0.6) is 0 Å². The normalized spacial score (nSPS) is 10.5. The van der Waals surface area contributed by atoms with E-state index in [9.17, 15) is 9.59 Å². The molecule has 0 unspecified atom stereocenters. The molecule has 4 nitrogen and oxygen atoms in total. The van der Waals surface area contributed by atoms with Crippen LogP contribution in [0.25, 0.3) is 6.08 Å². The minimum Gasteiger partial charge on any atom is -0.458 e. The first kappa shape index (κ1) is 16.5. The predicted octanol–water partition coefficient (Wildman–Crippen LogP) is 3.91. The van der Waals surface area contributed by atoms with Gasteiger partial charge >= 0.3 is 5.97 Å². The Balaban J connectivity index is 1.95. The van der Waals surface area contributed by atoms with E-state index >= 15 is 0 Å². The number of rotatable bonds is 6. The maximum atomic E-state index is 12.1. The molecule has 0 aliphatic rings. The van der Waals surface area contributed by atoms with Gasteiger partial charge in [-0.25, -0.2) is 4.79 Å². The van der Waals surface area contributed by atoms with Gasteiger partial charge in [-0.05, 0) is 23.8 Å². The average molecular weight is 309 g/mol. The van der Waals surface area contributed by atoms with Gasteiger partial charge in [0.05, 0.1) is 11.3 Å². The topological polar surface area (TPSA) is 55.4 Å². The summed E-state index contributed by atoms with van der Waals surface area (Å²) >= 11 is 0. The number of carbonyl (C=O) groups excluding carboxylic acids is 2. The molecule has 0 radical (unpaired) electrons. The van der Waals surface area contributed by atoms with Gasteiger partial charge in [0.15, 0.2) is 0 Å². The van der Waals surface area contributed by atoms with Gasteiger partial charge in [0.1, 0.15) is 6.61 Å². The van der Waals surface area contributed by atoms with Crippen LogP contribution in [0.1, 0.15) is 29.3 Å². The van der Waals surface area contributed by atoms with E-state index in [1.807, 2.05) is 36.4 Å². The fourth-order valence-electron chi connectivity index (χ4n) is 1.96. The summed E-state index contributed by atoms with van der Waals surface area (Å²) in [5, 5.41) is 2.70. The number of benzene rings is 2. The molecule has 0 bridgehead atoms. The Bertz CT molecular complexity index is 693. The average Bonchev–Trinajstić information content (AvgIpc) is 2.59. The molecule has 0 spiro atoms. The molecule has 2 aromatic rings. The molecule has 2 rings (SSSR count). The number of anilines is 1. The minimum absolute atomic E-state index is 0.144. The third-order valence-electron chi connectivity index (χ3n) is 3.16. The quantitative estimate of drug-likeness (QED) is 0.823. The maximum Gasteiger partial charge on any atom is 0.340 e. The van der Waals surface area contributed by atoms with Crippen molar-refractivity contribution in [1.82, 2.24) is 0 Å². The van der Waals surface area contributed by atoms with E-state index in [1.165, 1.54) is 0 Å². The molecule has 0 aromatic heterocycles. The first-order chi connectivity index (χ1) is 11.2. The minimum atomic E-state index is -0.463. The Morgan fingerprint density at radius 3 is 2.48 bits per heavy atom. The number of carbonyl (C=O) groups is 2. The van der Waals surface area contributed by atoms with Crippen molar-refractivity contribution in [3.63, 3.8) is 0 Å². The van der Waals surface area contributed by atoms with Gasteiger partial charge in [-0.15, -0.1) is 0 Å². The summed E-state index contributed by atoms with van der Waals surface area (Å²) in [6.07, 6.45) is 4.02. The monoisotopic (exact) mass is 309 g/mol. The molecule has 0 aliphatic carbocycles. The van der Waals surface area contributed by atoms with Crippen LogP contribution in [0.4, 0.5) is 5.69 Å². The summed E-state index contributed by atoms with van der Waals surface area (Å²) in [5.74, 6) is -0.607. The molecule has 118 valence electrons. The zero-order valence-corrected chi connectivity index (χ0v) is 13.0. The highest BCUT2D eigenvalue weighted by molar-refractivity contribution is 6.01. The molecule has 0 saturated heterocycles. The van der Waals surface area contributed by atoms with Gasteiger partial charge in [-0.1, -0.05) is 55.5 Å². The summed E-state index contributed by atoms with van der Waals surface area (Å²) < 4.78 is 5.23. The van der Waals surface area contributed by atoms with E-state index in [-0.39, 0.29) is 12.5 Å². The smallest absolute Gasteiger partial charge is 0.340 e. The molecule has 1 amide bonds. The molecule has 4 heteroatoms. The first-order valence-electron chi connectivity index (χ1n) is 7.48. The second kappa shape index (κ2) is 8.54. The molecule has 0 aliphatic heterocycles. The lowest BCUT2D eigenvalue weighted by atomic mass is 10.1. The van der Waals surface area contributed by atoms with E-state index < -0.39 is 5.97 Å². The van der Waals surface area contributed by atoms with Crippen LogP contribution in [0.2, 0.25) is 0 Å². The van der Waals surface area contributed by atoms with Crippen LogP contribution in [0.15, 0.2) is 60.7 Å². The van der Waals surface area contributed by atoms with Gasteiger partial charge in [0.25, 0.3) is 0 Å². The van der Waals surface area contributed by atoms with Gasteiger partial charge < -0.3 is 10.1 Å². The van der Waals surface area contributed by atoms with Crippen molar-refractivity contribution in [2.75, 3.05) is 11.9 Å². The number of hydrogen-bond acceptors (Lipinski definition) is 3. The molecule has 1 N–H and O–H groups in total. The van der Waals surface area contributed by atoms with Crippen molar-refractivity contribution in [3.05, 3.63) is 71.8 Å². The fraction of sp³-hybridized carbons (Fsp3) is 0.158. The third kappa shape index (κ3) is 5.11. The van der Waals surface area contributed by atoms with E-state index in [0.717, 1.165) is 5.56 Å². The third-order valence-corrected chi connectivity index (χ3v) is 3.16. The van der Waals surface area contributed by atoms with Crippen molar-refractivity contribution in [3.8, 4) is 0 Å². The molecule has 2 aromatic carbocycles. The van der Waals surface area contributed by atoms with E-state index in [1.54, 1.807) is 37.3 Å². The van der Waals surface area contributed by atoms with Crippen LogP contribution in [0, 0.1) is 0 Å². The lowest BCUT2D eigenvalue weighted by molar-refractivity contribution is -0.115. The van der Waals surface area contributed by atoms with E-state index in [4.69, 9.17) is 4.74 Å². The Morgan fingerprint density at radius 2 is 1.74 bits per heavy atom. The molecule has 23 heavy (non-hydrogen) atoms. The molecular formula is C19H19NO3. The number of esters is 1. The Kier molecular flexibility index (Phi) is 6.12. The number of nitrogens with one attached hydrogen (secondary N) is 1. The molecule has 0 fully saturated rings. The highest BCUT2D eigenvalue weighted by Crippen LogP contribution is 2.16. The van der Waals surface area contributed by atoms with E-state index in [2.05, 4.69) is 5.32 Å². The number of amides is 1. The lowest BCUT2D eigenvalue weighted by Crippen LogP contribution is -2.14. The van der Waals surface area contributed by atoms with Crippen LogP contribution >= 0.6 is 0 Å². The lowest BCUT2D eigenvalue weighted by Gasteiger charge is -2.09. The zero-order chi connectivity index (χ0) is 16.5. The van der Waals surface area contributed by atoms with Gasteiger partial charge in [-0.2, -0.15) is 0 Å². The Morgan fingerprint density at radius 1 is 1.04 bits per heavy atom. The fourth-order valence-corrected chi connectivity index (χ4v) is 1.96. The van der Waals surface area contributed by atoms with Crippen LogP contribution < -0.4 is 5.32 Å². The van der Waals surface area contributed by atoms with Crippen molar-refractivity contribution < 1.29 is 14.3 Å². The SMILES string of the molecule is CCC(=O)Nc1ccccc1C(=O)OC/C=C/c1ccccc1. The zero-order valence-electron chi connectivity index (χ0n) is 13.0. The predicted molar refractivity (Wildman–Crippen MR) is 91.1 cm³/mol. The number of ether oxygens (including phenoxy) is 1. The van der Waals surface area contributed by atoms with Crippen molar-refractivity contribution in [1.29, 1.82) is 0 Å². The van der Waals surface area contributed by atoms with Gasteiger partial charge in [-0.3, -0.25) is 4.79 Å². The Labute approximate surface area is 135 Å². The molecular weight excluding hydrogens is 290 g/mol. The summed E-state index contributed by atoms with van der Waals surface area (Å²) in [7, 11) is 0.